The maximum absolute atomic E-state index is 15.3. The summed E-state index contributed by atoms with van der Waals surface area (Å²) in [5.41, 5.74) is 8.71. The predicted octanol–water partition coefficient (Wildman–Crippen LogP) is 3.79. The first-order valence-corrected chi connectivity index (χ1v) is 39.7. The van der Waals surface area contributed by atoms with Gasteiger partial charge in [0, 0.05) is 57.8 Å². The third kappa shape index (κ3) is 22.2. The van der Waals surface area contributed by atoms with E-state index in [1.807, 2.05) is 77.5 Å². The molecule has 11 N–H and O–H groups in total. The Hall–Kier alpha value is -11.6. The van der Waals surface area contributed by atoms with Crippen molar-refractivity contribution in [1.82, 2.24) is 72.1 Å². The van der Waals surface area contributed by atoms with E-state index < -0.39 is 159 Å². The van der Waals surface area contributed by atoms with Gasteiger partial charge in [-0.25, -0.2) is 23.4 Å². The van der Waals surface area contributed by atoms with Gasteiger partial charge in [0.2, 0.25) is 57.3 Å². The molecule has 6 aliphatic heterocycles. The van der Waals surface area contributed by atoms with Gasteiger partial charge in [0.05, 0.1) is 36.6 Å². The van der Waals surface area contributed by atoms with E-state index in [-0.39, 0.29) is 70.6 Å². The van der Waals surface area contributed by atoms with Gasteiger partial charge in [0.1, 0.15) is 84.8 Å². The van der Waals surface area contributed by atoms with Crippen molar-refractivity contribution in [1.29, 1.82) is 5.53 Å². The van der Waals surface area contributed by atoms with Crippen molar-refractivity contribution in [3.63, 3.8) is 0 Å². The molecular formula is C81H101N17O15S. The summed E-state index contributed by atoms with van der Waals surface area (Å²) in [5.74, 6) is -7.48. The highest BCUT2D eigenvalue weighted by Gasteiger charge is 2.49. The van der Waals surface area contributed by atoms with E-state index >= 15 is 24.0 Å². The molecule has 114 heavy (non-hydrogen) atoms. The SMILES string of the molecule is CNC(C)C(=O)NC(C(=O)N1CC2CC1C(=O)NC(Cc1ccc3ccccc3c1)C(=O)NC(C(=O)O)Cc1ccc(cc1)OCC(N=N)C=NC1CC(C(=O)NC(Cc3ccc4ccccc4c3)C(=O)NC(C(=O)NS(C)(=O)=O)Cc3ccc(cc3)OCc3cn2nn3)N(C(=O)C(NC(=O)C(C)NC)C(C)(C)C)C1)C(C)(C)C. The average Bonchev–Trinajstić information content (AvgIpc) is 1.63. The van der Waals surface area contributed by atoms with Gasteiger partial charge >= 0.3 is 5.97 Å². The third-order valence-electron chi connectivity index (χ3n) is 20.6. The Morgan fingerprint density at radius 2 is 1.08 bits per heavy atom. The zero-order valence-corrected chi connectivity index (χ0v) is 66.5. The van der Waals surface area contributed by atoms with Crippen LogP contribution in [0.15, 0.2) is 150 Å². The number of amides is 9. The fraction of sp³-hybridized carbons (Fsp3) is 0.444. The summed E-state index contributed by atoms with van der Waals surface area (Å²) in [4.78, 5) is 153. The Morgan fingerprint density at radius 1 is 0.614 bits per heavy atom. The van der Waals surface area contributed by atoms with Crippen LogP contribution in [-0.4, -0.2) is 216 Å². The smallest absolute Gasteiger partial charge is 0.326 e. The maximum atomic E-state index is 15.3. The molecule has 9 amide bonds. The Balaban J connectivity index is 1.01. The van der Waals surface area contributed by atoms with Crippen molar-refractivity contribution < 1.29 is 70.9 Å². The summed E-state index contributed by atoms with van der Waals surface area (Å²) in [6.45, 7) is 13.1. The molecule has 6 aliphatic rings. The average molecular weight is 1580 g/mol. The van der Waals surface area contributed by atoms with Crippen LogP contribution in [0.3, 0.4) is 0 Å². The molecule has 13 rings (SSSR count). The van der Waals surface area contributed by atoms with Crippen molar-refractivity contribution in [2.75, 3.05) is 40.0 Å². The molecule has 13 unspecified atom stereocenters. The lowest BCUT2D eigenvalue weighted by Crippen LogP contribution is -2.61. The number of sulfonamides is 1. The monoisotopic (exact) mass is 1580 g/mol. The van der Waals surface area contributed by atoms with Crippen LogP contribution >= 0.6 is 0 Å². The van der Waals surface area contributed by atoms with Gasteiger partial charge < -0.3 is 66.9 Å². The standard InChI is InChI=1S/C81H101N17O15S/c1-46(83-9)70(99)90-68(80(3,4)5)77(106)96-41-56-38-66(96)75(104)87-62(36-50-20-26-52-16-12-14-18-54(52)32-50)72(101)86-64(74(103)94-114(11,110)111)34-48-22-28-61(29-23-48)113-45-58-42-98(95-93-58)59-39-67(97(43-59)78(107)69(81(6,7)8)91-71(100)47(2)84-10)76(105)88-63(37-51-21-27-53-17-13-15-19-55(53)33-51)73(102)89-65(79(108)109)35-49-24-30-60(31-25-49)112-44-57(92-82)40-85-56/h12-33,40,42,46-47,56-57,59,62-69,82-84H,34-39,41,43-45H2,1-11H3,(H,86,101)(H,87,104)(H,88,105)(H,89,102)(H,90,99)(H,91,100)(H,94,103)(H,108,109). The molecule has 0 radical (unpaired) electrons. The number of carboxylic acid groups (broad SMARTS) is 1. The fourth-order valence-corrected chi connectivity index (χ4v) is 14.4. The minimum Gasteiger partial charge on any atom is -0.491 e. The fourth-order valence-electron chi connectivity index (χ4n) is 13.8. The van der Waals surface area contributed by atoms with Crippen LogP contribution < -0.4 is 56.7 Å². The lowest BCUT2D eigenvalue weighted by molar-refractivity contribution is -0.145. The van der Waals surface area contributed by atoms with Gasteiger partial charge in [-0.15, -0.1) is 5.10 Å². The molecule has 7 aromatic rings. The highest BCUT2D eigenvalue weighted by molar-refractivity contribution is 7.89. The van der Waals surface area contributed by atoms with Gasteiger partial charge in [-0.05, 0) is 107 Å². The molecule has 2 fully saturated rings. The van der Waals surface area contributed by atoms with Crippen molar-refractivity contribution in [2.45, 2.75) is 179 Å². The Bertz CT molecular complexity index is 4850. The predicted molar refractivity (Wildman–Crippen MR) is 424 cm³/mol. The van der Waals surface area contributed by atoms with E-state index in [1.165, 1.54) is 20.7 Å². The van der Waals surface area contributed by atoms with E-state index in [0.717, 1.165) is 27.8 Å². The zero-order valence-electron chi connectivity index (χ0n) is 65.6. The van der Waals surface area contributed by atoms with Gasteiger partial charge in [-0.3, -0.25) is 52.9 Å². The third-order valence-corrected chi connectivity index (χ3v) is 21.2. The number of ether oxygens (including phenoxy) is 2. The first-order chi connectivity index (χ1) is 54.0. The number of likely N-dealkylation sites (tertiary alicyclic amines) is 2. The number of likely N-dealkylation sites (N-methyl/N-ethyl adjacent to an activating group) is 2. The number of nitrogens with zero attached hydrogens (tertiary/aromatic N) is 7. The Labute approximate surface area is 661 Å². The summed E-state index contributed by atoms with van der Waals surface area (Å²) in [6, 6.07) is 23.4. The molecule has 33 heteroatoms. The van der Waals surface area contributed by atoms with Crippen LogP contribution in [0.25, 0.3) is 21.5 Å². The molecule has 7 heterocycles. The van der Waals surface area contributed by atoms with Crippen molar-refractivity contribution in [3.05, 3.63) is 168 Å². The number of benzene rings is 6. The number of aromatic nitrogens is 3. The molecule has 13 atom stereocenters. The second-order valence-corrected chi connectivity index (χ2v) is 33.2. The summed E-state index contributed by atoms with van der Waals surface area (Å²) in [5, 5.41) is 49.4. The zero-order chi connectivity index (χ0) is 82.5. The molecule has 6 aromatic carbocycles. The number of rotatable bonds is 16. The normalized spacial score (nSPS) is 22.2. The van der Waals surface area contributed by atoms with Crippen molar-refractivity contribution in [2.24, 2.45) is 20.9 Å². The largest absolute Gasteiger partial charge is 0.491 e. The number of hydrogen-bond donors (Lipinski definition) is 11. The van der Waals surface area contributed by atoms with Crippen LogP contribution in [0.5, 0.6) is 11.5 Å². The quantitative estimate of drug-likeness (QED) is 0.0613. The first kappa shape index (κ1) is 84.9. The number of fused-ring (bicyclic) bond motifs is 2. The van der Waals surface area contributed by atoms with E-state index in [0.29, 0.717) is 33.7 Å². The van der Waals surface area contributed by atoms with E-state index in [9.17, 15) is 37.5 Å². The maximum Gasteiger partial charge on any atom is 0.326 e. The lowest BCUT2D eigenvalue weighted by Gasteiger charge is -2.36. The number of carbonyl (C=O) groups excluding carboxylic acids is 9. The van der Waals surface area contributed by atoms with Gasteiger partial charge in [0.15, 0.2) is 0 Å². The number of aliphatic imine (C=N–C) groups is 1. The van der Waals surface area contributed by atoms with Crippen LogP contribution in [0.2, 0.25) is 0 Å². The molecule has 0 spiro atoms. The van der Waals surface area contributed by atoms with E-state index in [2.05, 4.69) is 58.0 Å². The number of carbonyl (C=O) groups is 10. The molecule has 2 saturated heterocycles. The van der Waals surface area contributed by atoms with Gasteiger partial charge in [-0.2, -0.15) is 5.11 Å². The summed E-state index contributed by atoms with van der Waals surface area (Å²) >= 11 is 0. The molecule has 606 valence electrons. The molecular weight excluding hydrogens is 1480 g/mol. The number of carboxylic acids is 1. The minimum atomic E-state index is -4.23. The second-order valence-electron chi connectivity index (χ2n) is 31.5. The number of nitrogens with one attached hydrogen (secondary N) is 10. The van der Waals surface area contributed by atoms with Crippen LogP contribution in [0, 0.1) is 16.4 Å². The van der Waals surface area contributed by atoms with Gasteiger partial charge in [0.25, 0.3) is 5.91 Å². The van der Waals surface area contributed by atoms with E-state index in [1.54, 1.807) is 136 Å². The first-order valence-electron chi connectivity index (χ1n) is 37.8. The highest BCUT2D eigenvalue weighted by atomic mass is 32.2. The number of hydrogen-bond acceptors (Lipinski definition) is 21. The van der Waals surface area contributed by atoms with Crippen LogP contribution in [0.4, 0.5) is 0 Å². The molecule has 0 saturated carbocycles. The van der Waals surface area contributed by atoms with Gasteiger partial charge in [-0.1, -0.05) is 156 Å². The number of aliphatic carboxylic acids is 1. The van der Waals surface area contributed by atoms with Crippen LogP contribution in [0.1, 0.15) is 102 Å². The summed E-state index contributed by atoms with van der Waals surface area (Å²) in [7, 11) is -1.05. The van der Waals surface area contributed by atoms with Crippen LogP contribution in [-0.2, 0) is 90.3 Å². The summed E-state index contributed by atoms with van der Waals surface area (Å²) in [6.07, 6.45) is 2.67. The topological polar surface area (TPSA) is 438 Å². The summed E-state index contributed by atoms with van der Waals surface area (Å²) < 4.78 is 41.3. The lowest BCUT2D eigenvalue weighted by atomic mass is 9.85. The Kier molecular flexibility index (Phi) is 27.5. The Morgan fingerprint density at radius 3 is 1.55 bits per heavy atom. The molecule has 0 aliphatic carbocycles. The molecule has 32 nitrogen and oxygen atoms in total. The molecule has 1 aromatic heterocycles. The minimum absolute atomic E-state index is 0.0714. The second kappa shape index (κ2) is 36.9. The van der Waals surface area contributed by atoms with Crippen molar-refractivity contribution >= 4 is 96.9 Å². The van der Waals surface area contributed by atoms with E-state index in [4.69, 9.17) is 20.0 Å². The highest BCUT2D eigenvalue weighted by Crippen LogP contribution is 2.33. The van der Waals surface area contributed by atoms with Crippen molar-refractivity contribution in [3.8, 4) is 11.5 Å². The molecule has 10 bridgehead atoms.